The fourth-order valence-electron chi connectivity index (χ4n) is 3.49. The highest BCUT2D eigenvalue weighted by Crippen LogP contribution is 2.23. The minimum absolute atomic E-state index is 0.116. The smallest absolute Gasteiger partial charge is 0.275 e. The van der Waals surface area contributed by atoms with Crippen LogP contribution in [0.1, 0.15) is 12.5 Å². The Kier molecular flexibility index (Phi) is 7.50. The van der Waals surface area contributed by atoms with Gasteiger partial charge in [0.1, 0.15) is 23.1 Å². The highest BCUT2D eigenvalue weighted by atomic mass is 19.1. The van der Waals surface area contributed by atoms with E-state index in [2.05, 4.69) is 15.6 Å². The molecule has 2 aromatic heterocycles. The van der Waals surface area contributed by atoms with Crippen LogP contribution >= 0.6 is 0 Å². The molecule has 184 valence electrons. The van der Waals surface area contributed by atoms with Crippen LogP contribution in [0.15, 0.2) is 83.8 Å². The van der Waals surface area contributed by atoms with Crippen molar-refractivity contribution in [1.82, 2.24) is 14.9 Å². The molecule has 2 N–H and O–H groups in total. The van der Waals surface area contributed by atoms with E-state index >= 15 is 0 Å². The Hall–Kier alpha value is -4.37. The molecule has 1 atom stereocenters. The molecule has 2 heterocycles. The number of benzene rings is 2. The minimum atomic E-state index is -0.499. The number of aromatic nitrogens is 2. The van der Waals surface area contributed by atoms with E-state index in [0.29, 0.717) is 22.6 Å². The number of hydrogen-bond donors (Lipinski definition) is 2. The Morgan fingerprint density at radius 3 is 2.33 bits per heavy atom. The van der Waals surface area contributed by atoms with Gasteiger partial charge in [-0.15, -0.1) is 0 Å². The van der Waals surface area contributed by atoms with E-state index in [-0.39, 0.29) is 29.8 Å². The van der Waals surface area contributed by atoms with E-state index in [1.165, 1.54) is 53.2 Å². The molecule has 0 bridgehead atoms. The van der Waals surface area contributed by atoms with Crippen LogP contribution in [0.3, 0.4) is 0 Å². The summed E-state index contributed by atoms with van der Waals surface area (Å²) in [6, 6.07) is 17.5. The molecule has 0 aliphatic rings. The molecule has 0 aliphatic carbocycles. The second-order valence-corrected chi connectivity index (χ2v) is 8.09. The topological polar surface area (TPSA) is 85.2 Å². The minimum Gasteiger partial charge on any atom is -0.439 e. The zero-order valence-corrected chi connectivity index (χ0v) is 19.7. The lowest BCUT2D eigenvalue weighted by Crippen LogP contribution is -2.37. The zero-order chi connectivity index (χ0) is 25.7. The number of ether oxygens (including phenoxy) is 1. The third-order valence-corrected chi connectivity index (χ3v) is 5.57. The monoisotopic (exact) mass is 490 g/mol. The Labute approximate surface area is 206 Å². The zero-order valence-electron chi connectivity index (χ0n) is 19.7. The number of nitrogens with zero attached hydrogens (tertiary/aromatic N) is 2. The third kappa shape index (κ3) is 5.81. The summed E-state index contributed by atoms with van der Waals surface area (Å²) in [6.07, 6.45) is 1.54. The van der Waals surface area contributed by atoms with Crippen LogP contribution < -0.4 is 20.9 Å². The summed E-state index contributed by atoms with van der Waals surface area (Å²) < 4.78 is 33.9. The maximum absolute atomic E-state index is 13.5. The van der Waals surface area contributed by atoms with Crippen LogP contribution in [0, 0.1) is 11.6 Å². The molecule has 0 spiro atoms. The van der Waals surface area contributed by atoms with E-state index < -0.39 is 17.4 Å². The third-order valence-electron chi connectivity index (χ3n) is 5.57. The predicted octanol–water partition coefficient (Wildman–Crippen LogP) is 4.58. The molecule has 0 fully saturated rings. The van der Waals surface area contributed by atoms with Gasteiger partial charge in [0.05, 0.1) is 18.3 Å². The first-order valence-electron chi connectivity index (χ1n) is 11.2. The van der Waals surface area contributed by atoms with Gasteiger partial charge in [0.2, 0.25) is 11.8 Å². The second-order valence-electron chi connectivity index (χ2n) is 8.09. The van der Waals surface area contributed by atoms with Gasteiger partial charge < -0.3 is 19.9 Å². The van der Waals surface area contributed by atoms with Crippen LogP contribution in [0.2, 0.25) is 0 Å². The summed E-state index contributed by atoms with van der Waals surface area (Å²) in [4.78, 5) is 30.0. The maximum atomic E-state index is 13.5. The van der Waals surface area contributed by atoms with Gasteiger partial charge in [0, 0.05) is 12.3 Å². The highest BCUT2D eigenvalue weighted by molar-refractivity contribution is 5.94. The molecule has 4 rings (SSSR count). The van der Waals surface area contributed by atoms with E-state index in [1.807, 2.05) is 0 Å². The summed E-state index contributed by atoms with van der Waals surface area (Å²) in [7, 11) is 1.65. The van der Waals surface area contributed by atoms with Gasteiger partial charge in [-0.2, -0.15) is 0 Å². The van der Waals surface area contributed by atoms with Crippen molar-refractivity contribution in [2.24, 2.45) is 0 Å². The Morgan fingerprint density at radius 1 is 1.00 bits per heavy atom. The lowest BCUT2D eigenvalue weighted by Gasteiger charge is -2.17. The molecule has 9 heteroatoms. The first kappa shape index (κ1) is 24.7. The van der Waals surface area contributed by atoms with Gasteiger partial charge >= 0.3 is 0 Å². The Bertz CT molecular complexity index is 1420. The van der Waals surface area contributed by atoms with Crippen LogP contribution in [-0.2, 0) is 11.3 Å². The number of hydrogen-bond acceptors (Lipinski definition) is 5. The largest absolute Gasteiger partial charge is 0.439 e. The molecule has 7 nitrogen and oxygen atoms in total. The molecule has 1 unspecified atom stereocenters. The lowest BCUT2D eigenvalue weighted by molar-refractivity contribution is -0.117. The number of anilines is 1. The first-order chi connectivity index (χ1) is 17.3. The number of amides is 1. The van der Waals surface area contributed by atoms with Crippen molar-refractivity contribution in [2.45, 2.75) is 19.5 Å². The van der Waals surface area contributed by atoms with Crippen molar-refractivity contribution in [2.75, 3.05) is 12.4 Å². The van der Waals surface area contributed by atoms with E-state index in [4.69, 9.17) is 4.74 Å². The van der Waals surface area contributed by atoms with Crippen molar-refractivity contribution in [1.29, 1.82) is 0 Å². The average molecular weight is 491 g/mol. The summed E-state index contributed by atoms with van der Waals surface area (Å²) >= 11 is 0. The van der Waals surface area contributed by atoms with E-state index in [9.17, 15) is 18.4 Å². The quantitative estimate of drug-likeness (QED) is 0.378. The summed E-state index contributed by atoms with van der Waals surface area (Å²) in [5.41, 5.74) is 1.56. The fraction of sp³-hybridized carbons (Fsp3) is 0.148. The number of carbonyl (C=O) groups excluding carboxylic acids is 1. The van der Waals surface area contributed by atoms with Gasteiger partial charge in [0.15, 0.2) is 0 Å². The summed E-state index contributed by atoms with van der Waals surface area (Å²) in [5.74, 6) is -0.451. The van der Waals surface area contributed by atoms with Crippen molar-refractivity contribution < 1.29 is 18.3 Å². The second kappa shape index (κ2) is 10.9. The molecule has 36 heavy (non-hydrogen) atoms. The summed E-state index contributed by atoms with van der Waals surface area (Å²) in [5, 5.41) is 5.49. The van der Waals surface area contributed by atoms with Crippen molar-refractivity contribution >= 4 is 11.6 Å². The number of rotatable bonds is 8. The molecule has 0 aliphatic heterocycles. The SMILES string of the molecule is CNC(C)C(=O)Nc1ccc(-c2ccc(F)cc2)n(Cc2ccnc(Oc3ccc(F)cc3)c2)c1=O. The Morgan fingerprint density at radius 2 is 1.67 bits per heavy atom. The number of pyridine rings is 2. The molecule has 4 aromatic rings. The first-order valence-corrected chi connectivity index (χ1v) is 11.2. The molecule has 0 saturated heterocycles. The van der Waals surface area contributed by atoms with Crippen molar-refractivity contribution in [3.8, 4) is 22.9 Å². The number of halogens is 2. The molecule has 0 radical (unpaired) electrons. The van der Waals surface area contributed by atoms with Gasteiger partial charge in [0.25, 0.3) is 5.56 Å². The summed E-state index contributed by atoms with van der Waals surface area (Å²) in [6.45, 7) is 1.81. The number of likely N-dealkylation sites (N-methyl/N-ethyl adjacent to an activating group) is 1. The van der Waals surface area contributed by atoms with Gasteiger partial charge in [-0.1, -0.05) is 0 Å². The normalized spacial score (nSPS) is 11.7. The van der Waals surface area contributed by atoms with Crippen LogP contribution in [0.5, 0.6) is 11.6 Å². The molecule has 1 amide bonds. The highest BCUT2D eigenvalue weighted by Gasteiger charge is 2.16. The maximum Gasteiger partial charge on any atom is 0.275 e. The van der Waals surface area contributed by atoms with Gasteiger partial charge in [-0.3, -0.25) is 9.59 Å². The fourth-order valence-corrected chi connectivity index (χ4v) is 3.49. The van der Waals surface area contributed by atoms with E-state index in [1.54, 1.807) is 44.3 Å². The molecular formula is C27H24F2N4O3. The Balaban J connectivity index is 1.70. The van der Waals surface area contributed by atoms with Crippen LogP contribution in [0.4, 0.5) is 14.5 Å². The van der Waals surface area contributed by atoms with Crippen LogP contribution in [-0.4, -0.2) is 28.5 Å². The molecule has 2 aromatic carbocycles. The van der Waals surface area contributed by atoms with Crippen molar-refractivity contribution in [3.63, 3.8) is 0 Å². The molecular weight excluding hydrogens is 466 g/mol. The lowest BCUT2D eigenvalue weighted by atomic mass is 10.1. The standard InChI is InChI=1S/C27H24F2N4O3/c1-17(30-2)26(34)32-23-11-12-24(19-3-5-20(28)6-4-19)33(27(23)35)16-18-13-14-31-25(15-18)36-22-9-7-21(29)8-10-22/h3-15,17,30H,16H2,1-2H3,(H,32,34). The number of carbonyl (C=O) groups is 1. The predicted molar refractivity (Wildman–Crippen MR) is 133 cm³/mol. The van der Waals surface area contributed by atoms with E-state index in [0.717, 1.165) is 0 Å². The van der Waals surface area contributed by atoms with Crippen LogP contribution in [0.25, 0.3) is 11.3 Å². The number of nitrogens with one attached hydrogen (secondary N) is 2. The van der Waals surface area contributed by atoms with Crippen molar-refractivity contribution in [3.05, 3.63) is 107 Å². The average Bonchev–Trinajstić information content (AvgIpc) is 2.88. The van der Waals surface area contributed by atoms with Gasteiger partial charge in [-0.05, 0) is 91.8 Å². The molecule has 0 saturated carbocycles. The van der Waals surface area contributed by atoms with Gasteiger partial charge in [-0.25, -0.2) is 13.8 Å².